The van der Waals surface area contributed by atoms with Gasteiger partial charge >= 0.3 is 5.97 Å². The summed E-state index contributed by atoms with van der Waals surface area (Å²) in [6, 6.07) is 3.57. The van der Waals surface area contributed by atoms with Crippen molar-refractivity contribution < 1.29 is 14.3 Å². The average molecular weight is 249 g/mol. The molecule has 0 spiro atoms. The molecule has 3 rings (SSSR count). The molecule has 1 N–H and O–H groups in total. The Morgan fingerprint density at radius 1 is 1.56 bits per heavy atom. The predicted octanol–water partition coefficient (Wildman–Crippen LogP) is 1.58. The smallest absolute Gasteiger partial charge is 0.339 e. The summed E-state index contributed by atoms with van der Waals surface area (Å²) < 4.78 is 14.7. The highest BCUT2D eigenvalue weighted by atomic mass is 19.1. The van der Waals surface area contributed by atoms with Gasteiger partial charge in [0.2, 0.25) is 0 Å². The van der Waals surface area contributed by atoms with Crippen molar-refractivity contribution in [2.24, 2.45) is 0 Å². The molecule has 0 amide bonds. The minimum atomic E-state index is -1.01. The van der Waals surface area contributed by atoms with Crippen molar-refractivity contribution in [3.63, 3.8) is 0 Å². The van der Waals surface area contributed by atoms with E-state index in [0.717, 1.165) is 5.69 Å². The highest BCUT2D eigenvalue weighted by Gasteiger charge is 2.22. The molecule has 3 heterocycles. The van der Waals surface area contributed by atoms with Crippen molar-refractivity contribution in [3.05, 3.63) is 30.1 Å². The van der Waals surface area contributed by atoms with Gasteiger partial charge < -0.3 is 10.0 Å². The number of anilines is 1. The van der Waals surface area contributed by atoms with Gasteiger partial charge in [-0.2, -0.15) is 5.10 Å². The summed E-state index contributed by atoms with van der Waals surface area (Å²) in [5.41, 5.74) is 1.53. The third kappa shape index (κ3) is 1.70. The molecule has 1 aliphatic rings. The van der Waals surface area contributed by atoms with Gasteiger partial charge in [0, 0.05) is 25.0 Å². The number of hydrogen-bond donors (Lipinski definition) is 1. The van der Waals surface area contributed by atoms with E-state index in [4.69, 9.17) is 5.11 Å². The standard InChI is InChI=1S/C12H12FN3O2/c13-8-1-3-15(7-8)9-2-4-16-11(5-9)10(6-14-16)12(17)18/h2,4-6,8H,1,3,7H2,(H,17,18). The van der Waals surface area contributed by atoms with Crippen LogP contribution in [0, 0.1) is 0 Å². The zero-order valence-corrected chi connectivity index (χ0v) is 9.58. The molecule has 0 bridgehead atoms. The quantitative estimate of drug-likeness (QED) is 0.878. The van der Waals surface area contributed by atoms with Crippen LogP contribution in [0.5, 0.6) is 0 Å². The maximum Gasteiger partial charge on any atom is 0.339 e. The molecule has 2 aromatic heterocycles. The summed E-state index contributed by atoms with van der Waals surface area (Å²) in [4.78, 5) is 13.0. The maximum absolute atomic E-state index is 13.2. The largest absolute Gasteiger partial charge is 0.478 e. The zero-order valence-electron chi connectivity index (χ0n) is 9.58. The summed E-state index contributed by atoms with van der Waals surface area (Å²) in [6.45, 7) is 1.03. The Bertz CT molecular complexity index is 610. The second-order valence-corrected chi connectivity index (χ2v) is 4.41. The normalized spacial score (nSPS) is 19.6. The van der Waals surface area contributed by atoms with E-state index in [1.54, 1.807) is 12.3 Å². The second kappa shape index (κ2) is 3.97. The van der Waals surface area contributed by atoms with Gasteiger partial charge in [-0.15, -0.1) is 0 Å². The van der Waals surface area contributed by atoms with Crippen LogP contribution in [0.1, 0.15) is 16.8 Å². The number of alkyl halides is 1. The highest BCUT2D eigenvalue weighted by Crippen LogP contribution is 2.24. The fourth-order valence-corrected chi connectivity index (χ4v) is 2.28. The molecule has 1 saturated heterocycles. The van der Waals surface area contributed by atoms with Crippen LogP contribution < -0.4 is 4.90 Å². The Labute approximate surface area is 102 Å². The van der Waals surface area contributed by atoms with E-state index in [1.165, 1.54) is 10.7 Å². The maximum atomic E-state index is 13.2. The molecule has 5 nitrogen and oxygen atoms in total. The van der Waals surface area contributed by atoms with Crippen LogP contribution in [-0.2, 0) is 0 Å². The van der Waals surface area contributed by atoms with Crippen LogP contribution in [0.4, 0.5) is 10.1 Å². The number of aromatic carboxylic acids is 1. The summed E-state index contributed by atoms with van der Waals surface area (Å²) >= 11 is 0. The van der Waals surface area contributed by atoms with Gasteiger partial charge in [0.05, 0.1) is 11.7 Å². The third-order valence-electron chi connectivity index (χ3n) is 3.23. The van der Waals surface area contributed by atoms with Crippen molar-refractivity contribution in [2.75, 3.05) is 18.0 Å². The number of fused-ring (bicyclic) bond motifs is 1. The molecule has 6 heteroatoms. The molecule has 18 heavy (non-hydrogen) atoms. The van der Waals surface area contributed by atoms with Crippen LogP contribution in [0.25, 0.3) is 5.52 Å². The van der Waals surface area contributed by atoms with Gasteiger partial charge in [-0.25, -0.2) is 13.7 Å². The number of pyridine rings is 1. The summed E-state index contributed by atoms with van der Waals surface area (Å²) in [7, 11) is 0. The SMILES string of the molecule is O=C(O)c1cnn2ccc(N3CCC(F)C3)cc12. The lowest BCUT2D eigenvalue weighted by molar-refractivity contribution is 0.0699. The Morgan fingerprint density at radius 2 is 2.39 bits per heavy atom. The van der Waals surface area contributed by atoms with E-state index in [1.807, 2.05) is 11.0 Å². The zero-order chi connectivity index (χ0) is 12.7. The van der Waals surface area contributed by atoms with E-state index < -0.39 is 12.1 Å². The lowest BCUT2D eigenvalue weighted by Crippen LogP contribution is -2.20. The number of halogens is 1. The summed E-state index contributed by atoms with van der Waals surface area (Å²) in [5.74, 6) is -1.01. The Kier molecular flexibility index (Phi) is 2.43. The highest BCUT2D eigenvalue weighted by molar-refractivity contribution is 5.95. The number of carboxylic acid groups (broad SMARTS) is 1. The van der Waals surface area contributed by atoms with Crippen molar-refractivity contribution in [3.8, 4) is 0 Å². The predicted molar refractivity (Wildman–Crippen MR) is 63.9 cm³/mol. The molecule has 94 valence electrons. The first-order chi connectivity index (χ1) is 8.65. The lowest BCUT2D eigenvalue weighted by atomic mass is 10.2. The molecule has 0 radical (unpaired) electrons. The Morgan fingerprint density at radius 3 is 3.06 bits per heavy atom. The first-order valence-electron chi connectivity index (χ1n) is 5.75. The van der Waals surface area contributed by atoms with Crippen LogP contribution in [0.2, 0.25) is 0 Å². The number of aromatic nitrogens is 2. The molecular weight excluding hydrogens is 237 g/mol. The number of nitrogens with zero attached hydrogens (tertiary/aromatic N) is 3. The van der Waals surface area contributed by atoms with E-state index in [2.05, 4.69) is 5.10 Å². The van der Waals surface area contributed by atoms with Gasteiger partial charge in [-0.1, -0.05) is 0 Å². The van der Waals surface area contributed by atoms with Crippen molar-refractivity contribution >= 4 is 17.2 Å². The van der Waals surface area contributed by atoms with E-state index >= 15 is 0 Å². The minimum Gasteiger partial charge on any atom is -0.478 e. The van der Waals surface area contributed by atoms with Gasteiger partial charge in [-0.3, -0.25) is 0 Å². The monoisotopic (exact) mass is 249 g/mol. The lowest BCUT2D eigenvalue weighted by Gasteiger charge is -2.17. The first-order valence-corrected chi connectivity index (χ1v) is 5.75. The molecule has 0 aromatic carbocycles. The molecule has 1 fully saturated rings. The Hall–Kier alpha value is -2.11. The molecule has 1 unspecified atom stereocenters. The molecular formula is C12H12FN3O2. The van der Waals surface area contributed by atoms with Crippen molar-refractivity contribution in [1.82, 2.24) is 9.61 Å². The van der Waals surface area contributed by atoms with Crippen molar-refractivity contribution in [1.29, 1.82) is 0 Å². The van der Waals surface area contributed by atoms with Crippen LogP contribution in [0.3, 0.4) is 0 Å². The minimum absolute atomic E-state index is 0.160. The van der Waals surface area contributed by atoms with Crippen molar-refractivity contribution in [2.45, 2.75) is 12.6 Å². The third-order valence-corrected chi connectivity index (χ3v) is 3.23. The fourth-order valence-electron chi connectivity index (χ4n) is 2.28. The first kappa shape index (κ1) is 11.0. The fraction of sp³-hybridized carbons (Fsp3) is 0.333. The Balaban J connectivity index is 2.04. The van der Waals surface area contributed by atoms with Gasteiger partial charge in [0.25, 0.3) is 0 Å². The summed E-state index contributed by atoms with van der Waals surface area (Å²) in [6.07, 6.45) is 2.74. The van der Waals surface area contributed by atoms with Crippen LogP contribution in [0.15, 0.2) is 24.5 Å². The average Bonchev–Trinajstić information content (AvgIpc) is 2.93. The van der Waals surface area contributed by atoms with Gasteiger partial charge in [0.1, 0.15) is 11.7 Å². The molecule has 1 aliphatic heterocycles. The number of hydrogen-bond acceptors (Lipinski definition) is 3. The molecule has 2 aromatic rings. The van der Waals surface area contributed by atoms with Crippen LogP contribution in [-0.4, -0.2) is 40.0 Å². The number of rotatable bonds is 2. The van der Waals surface area contributed by atoms with Gasteiger partial charge in [-0.05, 0) is 18.6 Å². The molecule has 1 atom stereocenters. The second-order valence-electron chi connectivity index (χ2n) is 4.41. The molecule has 0 aliphatic carbocycles. The number of carboxylic acids is 1. The van der Waals surface area contributed by atoms with E-state index in [9.17, 15) is 9.18 Å². The van der Waals surface area contributed by atoms with E-state index in [0.29, 0.717) is 25.0 Å². The van der Waals surface area contributed by atoms with E-state index in [-0.39, 0.29) is 5.56 Å². The molecule has 0 saturated carbocycles. The van der Waals surface area contributed by atoms with Gasteiger partial charge in [0.15, 0.2) is 0 Å². The summed E-state index contributed by atoms with van der Waals surface area (Å²) in [5, 5.41) is 13.0. The number of carbonyl (C=O) groups is 1. The van der Waals surface area contributed by atoms with Crippen LogP contribution >= 0.6 is 0 Å². The topological polar surface area (TPSA) is 57.8 Å².